The van der Waals surface area contributed by atoms with Gasteiger partial charge in [-0.15, -0.1) is 0 Å². The Morgan fingerprint density at radius 2 is 1.83 bits per heavy atom. The second kappa shape index (κ2) is 11.3. The van der Waals surface area contributed by atoms with Gasteiger partial charge in [0.25, 0.3) is 0 Å². The maximum absolute atomic E-state index is 12.1. The maximum Gasteiger partial charge on any atom is 0.222 e. The fourth-order valence-electron chi connectivity index (χ4n) is 3.84. The number of carbonyl (C=O) groups is 1. The van der Waals surface area contributed by atoms with Crippen molar-refractivity contribution in [2.45, 2.75) is 57.9 Å². The Morgan fingerprint density at radius 1 is 1.13 bits per heavy atom. The van der Waals surface area contributed by atoms with E-state index in [2.05, 4.69) is 54.1 Å². The Labute approximate surface area is 181 Å². The van der Waals surface area contributed by atoms with Gasteiger partial charge in [0.1, 0.15) is 0 Å². The van der Waals surface area contributed by atoms with E-state index >= 15 is 0 Å². The zero-order valence-corrected chi connectivity index (χ0v) is 19.2. The number of carbonyl (C=O) groups excluding carboxylic acids is 1. The van der Waals surface area contributed by atoms with Crippen molar-refractivity contribution in [1.82, 2.24) is 16.0 Å². The minimum Gasteiger partial charge on any atom is -0.357 e. The summed E-state index contributed by atoms with van der Waals surface area (Å²) in [5.74, 6) is 0.759. The highest BCUT2D eigenvalue weighted by Gasteiger charge is 2.29. The quantitative estimate of drug-likeness (QED) is 0.385. The summed E-state index contributed by atoms with van der Waals surface area (Å²) in [6.45, 7) is 8.22. The van der Waals surface area contributed by atoms with E-state index in [-0.39, 0.29) is 35.3 Å². The van der Waals surface area contributed by atoms with Crippen LogP contribution >= 0.6 is 0 Å². The molecule has 1 heterocycles. The third-order valence-corrected chi connectivity index (χ3v) is 7.63. The lowest BCUT2D eigenvalue weighted by Gasteiger charge is -2.31. The lowest BCUT2D eigenvalue weighted by Crippen LogP contribution is -2.42. The minimum atomic E-state index is -2.99. The highest BCUT2D eigenvalue weighted by molar-refractivity contribution is 7.91. The molecule has 1 aliphatic rings. The molecule has 1 amide bonds. The van der Waals surface area contributed by atoms with E-state index in [1.165, 1.54) is 5.56 Å². The van der Waals surface area contributed by atoms with E-state index in [9.17, 15) is 13.2 Å². The summed E-state index contributed by atoms with van der Waals surface area (Å²) in [7, 11) is -2.99. The van der Waals surface area contributed by atoms with Gasteiger partial charge in [0.15, 0.2) is 15.8 Å². The van der Waals surface area contributed by atoms with Crippen molar-refractivity contribution in [2.75, 3.05) is 31.1 Å². The number of hydrogen-bond donors (Lipinski definition) is 3. The van der Waals surface area contributed by atoms with E-state index in [4.69, 9.17) is 4.99 Å². The zero-order valence-electron chi connectivity index (χ0n) is 18.4. The van der Waals surface area contributed by atoms with Crippen LogP contribution in [0, 0.1) is 0 Å². The molecule has 1 fully saturated rings. The molecule has 30 heavy (non-hydrogen) atoms. The monoisotopic (exact) mass is 436 g/mol. The molecule has 3 N–H and O–H groups in total. The second-order valence-electron chi connectivity index (χ2n) is 7.89. The molecule has 1 aromatic rings. The van der Waals surface area contributed by atoms with Crippen LogP contribution in [-0.2, 0) is 20.0 Å². The van der Waals surface area contributed by atoms with Crippen LogP contribution in [0.3, 0.4) is 0 Å². The first-order chi connectivity index (χ1) is 14.3. The van der Waals surface area contributed by atoms with Crippen LogP contribution in [0.2, 0.25) is 0 Å². The molecule has 0 aromatic heterocycles. The molecule has 1 unspecified atom stereocenters. The van der Waals surface area contributed by atoms with E-state index in [1.54, 1.807) is 0 Å². The van der Waals surface area contributed by atoms with Crippen LogP contribution in [0.25, 0.3) is 0 Å². The highest BCUT2D eigenvalue weighted by Crippen LogP contribution is 2.31. The van der Waals surface area contributed by atoms with Crippen LogP contribution in [0.1, 0.15) is 52.0 Å². The molecule has 2 rings (SSSR count). The molecular formula is C22H36N4O3S. The number of benzene rings is 1. The molecule has 1 atom stereocenters. The summed E-state index contributed by atoms with van der Waals surface area (Å²) in [5.41, 5.74) is 1.27. The number of sulfone groups is 1. The summed E-state index contributed by atoms with van der Waals surface area (Å²) in [4.78, 5) is 16.9. The fraction of sp³-hybridized carbons (Fsp3) is 0.636. The number of nitrogens with one attached hydrogen (secondary N) is 3. The molecule has 1 aliphatic heterocycles. The Hall–Kier alpha value is -2.09. The molecule has 0 saturated carbocycles. The summed E-state index contributed by atoms with van der Waals surface area (Å²) in [6.07, 6.45) is 2.75. The van der Waals surface area contributed by atoms with Gasteiger partial charge in [0.2, 0.25) is 5.91 Å². The smallest absolute Gasteiger partial charge is 0.222 e. The number of nitrogens with zero attached hydrogens (tertiary/aromatic N) is 1. The number of amides is 1. The largest absolute Gasteiger partial charge is 0.357 e. The standard InChI is InChI=1S/C22H36N4O3S/c1-4-22(5-2,18-10-8-7-9-11-18)17-25-21(23-6-3)24-14-12-20(27)26-19-13-15-30(28,29)16-19/h7-11,19H,4-6,12-17H2,1-3H3,(H,26,27)(H2,23,24,25). The van der Waals surface area contributed by atoms with Crippen molar-refractivity contribution in [3.63, 3.8) is 0 Å². The Morgan fingerprint density at radius 3 is 2.40 bits per heavy atom. The molecule has 0 bridgehead atoms. The average Bonchev–Trinajstić information content (AvgIpc) is 3.08. The zero-order chi connectivity index (χ0) is 22.0. The van der Waals surface area contributed by atoms with E-state index in [0.717, 1.165) is 19.4 Å². The van der Waals surface area contributed by atoms with Crippen molar-refractivity contribution in [3.05, 3.63) is 35.9 Å². The molecule has 0 aliphatic carbocycles. The van der Waals surface area contributed by atoms with Gasteiger partial charge < -0.3 is 16.0 Å². The first-order valence-electron chi connectivity index (χ1n) is 10.9. The van der Waals surface area contributed by atoms with Crippen molar-refractivity contribution >= 4 is 21.7 Å². The van der Waals surface area contributed by atoms with Crippen molar-refractivity contribution in [2.24, 2.45) is 4.99 Å². The third kappa shape index (κ3) is 7.00. The minimum absolute atomic E-state index is 0.0189. The maximum atomic E-state index is 12.1. The van der Waals surface area contributed by atoms with Gasteiger partial charge in [-0.05, 0) is 31.7 Å². The van der Waals surface area contributed by atoms with Gasteiger partial charge in [0.05, 0.1) is 18.1 Å². The molecule has 1 saturated heterocycles. The summed E-state index contributed by atoms with van der Waals surface area (Å²) >= 11 is 0. The second-order valence-corrected chi connectivity index (χ2v) is 10.1. The van der Waals surface area contributed by atoms with Crippen LogP contribution in [0.4, 0.5) is 0 Å². The van der Waals surface area contributed by atoms with Crippen molar-refractivity contribution in [3.8, 4) is 0 Å². The Balaban J connectivity index is 1.91. The molecule has 7 nitrogen and oxygen atoms in total. The molecule has 168 valence electrons. The van der Waals surface area contributed by atoms with Gasteiger partial charge in [0, 0.05) is 31.0 Å². The third-order valence-electron chi connectivity index (χ3n) is 5.87. The normalized spacial score (nSPS) is 18.8. The van der Waals surface area contributed by atoms with Crippen LogP contribution in [0.5, 0.6) is 0 Å². The molecule has 1 aromatic carbocycles. The number of hydrogen-bond acceptors (Lipinski definition) is 4. The Kier molecular flexibility index (Phi) is 9.14. The van der Waals surface area contributed by atoms with Gasteiger partial charge in [-0.2, -0.15) is 0 Å². The molecular weight excluding hydrogens is 400 g/mol. The summed E-state index contributed by atoms with van der Waals surface area (Å²) < 4.78 is 23.0. The van der Waals surface area contributed by atoms with Crippen molar-refractivity contribution in [1.29, 1.82) is 0 Å². The van der Waals surface area contributed by atoms with E-state index in [1.807, 2.05) is 13.0 Å². The highest BCUT2D eigenvalue weighted by atomic mass is 32.2. The Bertz CT molecular complexity index is 805. The predicted octanol–water partition coefficient (Wildman–Crippen LogP) is 1.99. The first-order valence-corrected chi connectivity index (χ1v) is 12.7. The SMILES string of the molecule is CCNC(=NCC(CC)(CC)c1ccccc1)NCCC(=O)NC1CCS(=O)(=O)C1. The lowest BCUT2D eigenvalue weighted by atomic mass is 9.76. The molecule has 0 radical (unpaired) electrons. The predicted molar refractivity (Wildman–Crippen MR) is 123 cm³/mol. The molecule has 8 heteroatoms. The van der Waals surface area contributed by atoms with Gasteiger partial charge in [-0.3, -0.25) is 9.79 Å². The van der Waals surface area contributed by atoms with Gasteiger partial charge in [-0.1, -0.05) is 44.2 Å². The summed E-state index contributed by atoms with van der Waals surface area (Å²) in [5, 5.41) is 9.28. The van der Waals surface area contributed by atoms with E-state index < -0.39 is 9.84 Å². The summed E-state index contributed by atoms with van der Waals surface area (Å²) in [6, 6.07) is 10.2. The van der Waals surface area contributed by atoms with Crippen LogP contribution in [-0.4, -0.2) is 57.5 Å². The number of guanidine groups is 1. The average molecular weight is 437 g/mol. The van der Waals surface area contributed by atoms with Crippen molar-refractivity contribution < 1.29 is 13.2 Å². The number of aliphatic imine (C=N–C) groups is 1. The van der Waals surface area contributed by atoms with Gasteiger partial charge >= 0.3 is 0 Å². The van der Waals surface area contributed by atoms with Crippen LogP contribution in [0.15, 0.2) is 35.3 Å². The first kappa shape index (κ1) is 24.2. The van der Waals surface area contributed by atoms with Crippen LogP contribution < -0.4 is 16.0 Å². The van der Waals surface area contributed by atoms with Gasteiger partial charge in [-0.25, -0.2) is 8.42 Å². The topological polar surface area (TPSA) is 99.7 Å². The lowest BCUT2D eigenvalue weighted by molar-refractivity contribution is -0.121. The molecule has 0 spiro atoms. The number of rotatable bonds is 10. The fourth-order valence-corrected chi connectivity index (χ4v) is 5.51. The van der Waals surface area contributed by atoms with E-state index in [0.29, 0.717) is 25.5 Å².